The van der Waals surface area contributed by atoms with E-state index in [-0.39, 0.29) is 28.4 Å². The first kappa shape index (κ1) is 18.2. The van der Waals surface area contributed by atoms with Gasteiger partial charge in [-0.15, -0.1) is 8.78 Å². The Labute approximate surface area is 151 Å². The van der Waals surface area contributed by atoms with E-state index in [9.17, 15) is 18.4 Å². The molecule has 0 saturated heterocycles. The summed E-state index contributed by atoms with van der Waals surface area (Å²) >= 11 is 6.07. The topological polar surface area (TPSA) is 85.4 Å². The van der Waals surface area contributed by atoms with Crippen molar-refractivity contribution in [2.24, 2.45) is 0 Å². The van der Waals surface area contributed by atoms with Crippen LogP contribution < -0.4 is 26.0 Å². The molecule has 1 aromatic carbocycles. The fourth-order valence-electron chi connectivity index (χ4n) is 2.63. The molecule has 3 rings (SSSR count). The van der Waals surface area contributed by atoms with E-state index >= 15 is 0 Å². The van der Waals surface area contributed by atoms with E-state index in [1.54, 1.807) is 26.8 Å². The lowest BCUT2D eigenvalue weighted by Crippen LogP contribution is -2.37. The molecule has 2 N–H and O–H groups in total. The van der Waals surface area contributed by atoms with Crippen LogP contribution in [0.25, 0.3) is 0 Å². The molecule has 2 heterocycles. The van der Waals surface area contributed by atoms with Crippen LogP contribution in [0.15, 0.2) is 27.8 Å². The largest absolute Gasteiger partial charge is 0.586 e. The van der Waals surface area contributed by atoms with Gasteiger partial charge in [-0.1, -0.05) is 17.7 Å². The highest BCUT2D eigenvalue weighted by atomic mass is 35.5. The zero-order chi connectivity index (χ0) is 19.2. The van der Waals surface area contributed by atoms with Crippen molar-refractivity contribution in [1.82, 2.24) is 9.55 Å². The van der Waals surface area contributed by atoms with Gasteiger partial charge in [-0.05, 0) is 38.5 Å². The molecule has 140 valence electrons. The normalized spacial score (nSPS) is 16.0. The number of nitrogens with one attached hydrogen (secondary N) is 2. The maximum absolute atomic E-state index is 13.1. The molecule has 2 aromatic rings. The monoisotopic (exact) mass is 387 g/mol. The average molecular weight is 388 g/mol. The van der Waals surface area contributed by atoms with Gasteiger partial charge in [0.15, 0.2) is 11.5 Å². The van der Waals surface area contributed by atoms with Crippen molar-refractivity contribution in [2.75, 3.05) is 5.32 Å². The van der Waals surface area contributed by atoms with Gasteiger partial charge >= 0.3 is 12.0 Å². The molecule has 1 unspecified atom stereocenters. The van der Waals surface area contributed by atoms with E-state index in [1.807, 2.05) is 0 Å². The zero-order valence-electron chi connectivity index (χ0n) is 14.1. The summed E-state index contributed by atoms with van der Waals surface area (Å²) in [6, 6.07) is 3.47. The van der Waals surface area contributed by atoms with Gasteiger partial charge in [0.25, 0.3) is 5.56 Å². The summed E-state index contributed by atoms with van der Waals surface area (Å²) in [5.74, 6) is -0.123. The van der Waals surface area contributed by atoms with Crippen molar-refractivity contribution >= 4 is 17.4 Å². The minimum Gasteiger partial charge on any atom is -0.395 e. The van der Waals surface area contributed by atoms with Crippen LogP contribution >= 0.6 is 11.6 Å². The number of rotatable bonds is 4. The minimum atomic E-state index is -3.70. The van der Waals surface area contributed by atoms with Gasteiger partial charge in [0, 0.05) is 6.04 Å². The Morgan fingerprint density at radius 3 is 2.50 bits per heavy atom. The third kappa shape index (κ3) is 3.26. The number of hydrogen-bond donors (Lipinski definition) is 2. The molecule has 10 heteroatoms. The molecule has 0 fully saturated rings. The van der Waals surface area contributed by atoms with Crippen molar-refractivity contribution in [3.05, 3.63) is 49.6 Å². The van der Waals surface area contributed by atoms with Gasteiger partial charge in [0.1, 0.15) is 10.8 Å². The SMILES string of the molecule is CC(Nc1[nH]c(=O)n(C(C)C)c(=O)c1Cl)c1ccc2c(c1)OC(F)(F)O2. The first-order valence-electron chi connectivity index (χ1n) is 7.79. The second-order valence-corrected chi connectivity index (χ2v) is 6.51. The standard InChI is InChI=1S/C16H16ClF2N3O4/c1-7(2)22-14(23)12(17)13(21-15(22)24)20-8(3)9-4-5-10-11(6-9)26-16(18,19)25-10/h4-8,20H,1-3H3,(H,21,24). The Morgan fingerprint density at radius 1 is 1.19 bits per heavy atom. The van der Waals surface area contributed by atoms with E-state index < -0.39 is 23.6 Å². The molecule has 0 saturated carbocycles. The van der Waals surface area contributed by atoms with Crippen molar-refractivity contribution in [2.45, 2.75) is 39.1 Å². The van der Waals surface area contributed by atoms with E-state index in [0.717, 1.165) is 4.57 Å². The van der Waals surface area contributed by atoms with Crippen molar-refractivity contribution in [3.63, 3.8) is 0 Å². The molecular weight excluding hydrogens is 372 g/mol. The molecule has 1 aromatic heterocycles. The first-order valence-corrected chi connectivity index (χ1v) is 8.17. The van der Waals surface area contributed by atoms with Gasteiger partial charge in [0.05, 0.1) is 6.04 Å². The number of hydrogen-bond acceptors (Lipinski definition) is 5. The first-order chi connectivity index (χ1) is 12.1. The van der Waals surface area contributed by atoms with E-state index in [1.165, 1.54) is 12.1 Å². The predicted molar refractivity (Wildman–Crippen MR) is 91.4 cm³/mol. The maximum atomic E-state index is 13.1. The van der Waals surface area contributed by atoms with E-state index in [2.05, 4.69) is 19.8 Å². The minimum absolute atomic E-state index is 0.0501. The summed E-state index contributed by atoms with van der Waals surface area (Å²) in [5.41, 5.74) is -0.658. The molecule has 0 amide bonds. The second-order valence-electron chi connectivity index (χ2n) is 6.13. The molecule has 7 nitrogen and oxygen atoms in total. The number of nitrogens with zero attached hydrogens (tertiary/aromatic N) is 1. The quantitative estimate of drug-likeness (QED) is 0.841. The zero-order valence-corrected chi connectivity index (χ0v) is 14.9. The van der Waals surface area contributed by atoms with E-state index in [4.69, 9.17) is 11.6 Å². The molecular formula is C16H16ClF2N3O4. The molecule has 1 atom stereocenters. The van der Waals surface area contributed by atoms with Crippen LogP contribution in [0.3, 0.4) is 0 Å². The second kappa shape index (κ2) is 6.31. The molecule has 0 radical (unpaired) electrons. The van der Waals surface area contributed by atoms with Crippen molar-refractivity contribution < 1.29 is 18.3 Å². The van der Waals surface area contributed by atoms with Crippen LogP contribution in [-0.2, 0) is 0 Å². The Bertz CT molecular complexity index is 971. The highest BCUT2D eigenvalue weighted by molar-refractivity contribution is 6.32. The predicted octanol–water partition coefficient (Wildman–Crippen LogP) is 3.27. The number of aromatic amines is 1. The van der Waals surface area contributed by atoms with Gasteiger partial charge in [-0.2, -0.15) is 0 Å². The Hall–Kier alpha value is -2.55. The summed E-state index contributed by atoms with van der Waals surface area (Å²) in [5, 5.41) is 2.73. The number of halogens is 3. The molecule has 0 aliphatic carbocycles. The third-order valence-corrected chi connectivity index (χ3v) is 4.23. The van der Waals surface area contributed by atoms with Gasteiger partial charge in [0.2, 0.25) is 0 Å². The Balaban J connectivity index is 1.89. The van der Waals surface area contributed by atoms with Crippen molar-refractivity contribution in [3.8, 4) is 11.5 Å². The summed E-state index contributed by atoms with van der Waals surface area (Å²) in [6.45, 7) is 5.08. The summed E-state index contributed by atoms with van der Waals surface area (Å²) in [4.78, 5) is 26.9. The number of aromatic nitrogens is 2. The Morgan fingerprint density at radius 2 is 1.85 bits per heavy atom. The van der Waals surface area contributed by atoms with Crippen molar-refractivity contribution in [1.29, 1.82) is 0 Å². The molecule has 26 heavy (non-hydrogen) atoms. The van der Waals surface area contributed by atoms with Crippen LogP contribution in [0.2, 0.25) is 5.02 Å². The van der Waals surface area contributed by atoms with Crippen LogP contribution in [0.1, 0.15) is 38.4 Å². The number of fused-ring (bicyclic) bond motifs is 1. The fourth-order valence-corrected chi connectivity index (χ4v) is 2.82. The van der Waals surface area contributed by atoms with Crippen LogP contribution in [0, 0.1) is 0 Å². The number of anilines is 1. The third-order valence-electron chi connectivity index (χ3n) is 3.88. The summed E-state index contributed by atoms with van der Waals surface area (Å²) in [6.07, 6.45) is -3.70. The fraction of sp³-hybridized carbons (Fsp3) is 0.375. The average Bonchev–Trinajstić information content (AvgIpc) is 2.84. The smallest absolute Gasteiger partial charge is 0.395 e. The van der Waals surface area contributed by atoms with Gasteiger partial charge in [-0.25, -0.2) is 4.79 Å². The highest BCUT2D eigenvalue weighted by Crippen LogP contribution is 2.42. The highest BCUT2D eigenvalue weighted by Gasteiger charge is 2.43. The molecule has 1 aliphatic rings. The number of ether oxygens (including phenoxy) is 2. The van der Waals surface area contributed by atoms with Gasteiger partial charge in [-0.3, -0.25) is 14.3 Å². The summed E-state index contributed by atoms with van der Waals surface area (Å²) < 4.78 is 36.0. The van der Waals surface area contributed by atoms with Crippen LogP contribution in [0.4, 0.5) is 14.6 Å². The lowest BCUT2D eigenvalue weighted by Gasteiger charge is -2.18. The molecule has 1 aliphatic heterocycles. The number of H-pyrrole nitrogens is 1. The van der Waals surface area contributed by atoms with E-state index in [0.29, 0.717) is 5.56 Å². The molecule has 0 spiro atoms. The number of alkyl halides is 2. The van der Waals surface area contributed by atoms with Gasteiger partial charge < -0.3 is 14.8 Å². The number of benzene rings is 1. The maximum Gasteiger partial charge on any atom is 0.586 e. The summed E-state index contributed by atoms with van der Waals surface area (Å²) in [7, 11) is 0. The lowest BCUT2D eigenvalue weighted by molar-refractivity contribution is -0.286. The van der Waals surface area contributed by atoms with Crippen LogP contribution in [-0.4, -0.2) is 15.8 Å². The lowest BCUT2D eigenvalue weighted by atomic mass is 10.1. The van der Waals surface area contributed by atoms with Crippen LogP contribution in [0.5, 0.6) is 11.5 Å². The Kier molecular flexibility index (Phi) is 4.43. The molecule has 0 bridgehead atoms.